The number of ether oxygens (including phenoxy) is 1. The molecule has 0 saturated carbocycles. The summed E-state index contributed by atoms with van der Waals surface area (Å²) in [5.41, 5.74) is 1.10. The fourth-order valence-corrected chi connectivity index (χ4v) is 1.58. The highest BCUT2D eigenvalue weighted by molar-refractivity contribution is 5.28. The Labute approximate surface area is 91.2 Å². The molecule has 0 aliphatic heterocycles. The molecule has 15 heavy (non-hydrogen) atoms. The fraction of sp³-hybridized carbons (Fsp3) is 0.417. The van der Waals surface area contributed by atoms with Gasteiger partial charge in [-0.25, -0.2) is 4.98 Å². The number of methoxy groups -OCH3 is 1. The molecule has 1 aromatic rings. The lowest BCUT2D eigenvalue weighted by Gasteiger charge is -2.17. The Hall–Kier alpha value is -1.35. The molecular formula is C12H18N2O. The van der Waals surface area contributed by atoms with E-state index in [1.165, 1.54) is 0 Å². The highest BCUT2D eigenvalue weighted by atomic mass is 16.5. The molecule has 0 radical (unpaired) electrons. The second kappa shape index (κ2) is 6.19. The van der Waals surface area contributed by atoms with Crippen LogP contribution in [0.1, 0.15) is 24.4 Å². The summed E-state index contributed by atoms with van der Waals surface area (Å²) in [7, 11) is 3.59. The van der Waals surface area contributed by atoms with Crippen LogP contribution in [-0.2, 0) is 0 Å². The van der Waals surface area contributed by atoms with Gasteiger partial charge in [0.1, 0.15) is 0 Å². The number of rotatable bonds is 6. The highest BCUT2D eigenvalue weighted by Crippen LogP contribution is 2.25. The smallest absolute Gasteiger partial charge is 0.217 e. The Kier molecular flexibility index (Phi) is 4.84. The first kappa shape index (κ1) is 11.7. The van der Waals surface area contributed by atoms with Gasteiger partial charge in [0.2, 0.25) is 5.88 Å². The van der Waals surface area contributed by atoms with Gasteiger partial charge in [0.15, 0.2) is 0 Å². The Balaban J connectivity index is 2.84. The van der Waals surface area contributed by atoms with Crippen molar-refractivity contribution in [2.24, 2.45) is 0 Å². The summed E-state index contributed by atoms with van der Waals surface area (Å²) in [4.78, 5) is 4.19. The average Bonchev–Trinajstić information content (AvgIpc) is 2.30. The molecule has 1 unspecified atom stereocenters. The Morgan fingerprint density at radius 2 is 2.47 bits per heavy atom. The van der Waals surface area contributed by atoms with Crippen LogP contribution < -0.4 is 10.1 Å². The molecule has 0 spiro atoms. The molecule has 0 fully saturated rings. The van der Waals surface area contributed by atoms with E-state index in [4.69, 9.17) is 4.74 Å². The largest absolute Gasteiger partial charge is 0.481 e. The number of hydrogen-bond acceptors (Lipinski definition) is 3. The topological polar surface area (TPSA) is 34.2 Å². The van der Waals surface area contributed by atoms with Crippen molar-refractivity contribution >= 4 is 0 Å². The quantitative estimate of drug-likeness (QED) is 0.725. The molecule has 1 rings (SSSR count). The van der Waals surface area contributed by atoms with Crippen molar-refractivity contribution in [1.29, 1.82) is 0 Å². The van der Waals surface area contributed by atoms with E-state index in [-0.39, 0.29) is 6.04 Å². The maximum Gasteiger partial charge on any atom is 0.217 e. The summed E-state index contributed by atoms with van der Waals surface area (Å²) in [6, 6.07) is 4.23. The zero-order valence-corrected chi connectivity index (χ0v) is 9.36. The maximum absolute atomic E-state index is 5.23. The van der Waals surface area contributed by atoms with Crippen LogP contribution in [0.25, 0.3) is 0 Å². The summed E-state index contributed by atoms with van der Waals surface area (Å²) in [5.74, 6) is 0.695. The van der Waals surface area contributed by atoms with Gasteiger partial charge in [-0.15, -0.1) is 6.58 Å². The van der Waals surface area contributed by atoms with E-state index in [0.29, 0.717) is 5.88 Å². The molecule has 1 heterocycles. The lowest BCUT2D eigenvalue weighted by Crippen LogP contribution is -2.17. The van der Waals surface area contributed by atoms with Gasteiger partial charge in [-0.3, -0.25) is 0 Å². The van der Waals surface area contributed by atoms with Crippen LogP contribution in [0, 0.1) is 0 Å². The summed E-state index contributed by atoms with van der Waals surface area (Å²) in [5, 5.41) is 3.26. The van der Waals surface area contributed by atoms with E-state index in [1.54, 1.807) is 13.3 Å². The van der Waals surface area contributed by atoms with Gasteiger partial charge < -0.3 is 10.1 Å². The average molecular weight is 206 g/mol. The van der Waals surface area contributed by atoms with Crippen molar-refractivity contribution in [3.8, 4) is 5.88 Å². The molecule has 0 bridgehead atoms. The Bertz CT molecular complexity index is 312. The summed E-state index contributed by atoms with van der Waals surface area (Å²) >= 11 is 0. The lowest BCUT2D eigenvalue weighted by atomic mass is 10.0. The Morgan fingerprint density at radius 1 is 1.67 bits per heavy atom. The SMILES string of the molecule is C=CCCC(NC)c1cccnc1OC. The molecule has 0 saturated heterocycles. The van der Waals surface area contributed by atoms with Crippen LogP contribution in [0.15, 0.2) is 31.0 Å². The molecule has 3 nitrogen and oxygen atoms in total. The monoisotopic (exact) mass is 206 g/mol. The number of pyridine rings is 1. The molecule has 0 aromatic carbocycles. The normalized spacial score (nSPS) is 12.1. The van der Waals surface area contributed by atoms with E-state index in [1.807, 2.05) is 25.3 Å². The van der Waals surface area contributed by atoms with Crippen molar-refractivity contribution in [3.05, 3.63) is 36.5 Å². The molecule has 1 N–H and O–H groups in total. The van der Waals surface area contributed by atoms with Gasteiger partial charge in [0, 0.05) is 17.8 Å². The first-order chi connectivity index (χ1) is 7.33. The number of hydrogen-bond donors (Lipinski definition) is 1. The predicted molar refractivity (Wildman–Crippen MR) is 62.0 cm³/mol. The summed E-state index contributed by atoms with van der Waals surface area (Å²) in [6.45, 7) is 3.73. The van der Waals surface area contributed by atoms with Crippen molar-refractivity contribution in [3.63, 3.8) is 0 Å². The minimum absolute atomic E-state index is 0.270. The van der Waals surface area contributed by atoms with Crippen LogP contribution in [-0.4, -0.2) is 19.1 Å². The molecular weight excluding hydrogens is 188 g/mol. The van der Waals surface area contributed by atoms with Crippen molar-refractivity contribution in [2.75, 3.05) is 14.2 Å². The Morgan fingerprint density at radius 3 is 3.07 bits per heavy atom. The second-order valence-corrected chi connectivity index (χ2v) is 3.31. The van der Waals surface area contributed by atoms with Crippen molar-refractivity contribution < 1.29 is 4.74 Å². The third-order valence-electron chi connectivity index (χ3n) is 2.38. The number of aromatic nitrogens is 1. The molecule has 0 aliphatic carbocycles. The molecule has 82 valence electrons. The van der Waals surface area contributed by atoms with E-state index in [0.717, 1.165) is 18.4 Å². The number of allylic oxidation sites excluding steroid dienone is 1. The number of nitrogens with one attached hydrogen (secondary N) is 1. The van der Waals surface area contributed by atoms with Crippen LogP contribution in [0.3, 0.4) is 0 Å². The molecule has 0 amide bonds. The minimum Gasteiger partial charge on any atom is -0.481 e. The van der Waals surface area contributed by atoms with Crippen molar-refractivity contribution in [2.45, 2.75) is 18.9 Å². The lowest BCUT2D eigenvalue weighted by molar-refractivity contribution is 0.382. The van der Waals surface area contributed by atoms with Gasteiger partial charge in [-0.2, -0.15) is 0 Å². The van der Waals surface area contributed by atoms with Crippen molar-refractivity contribution in [1.82, 2.24) is 10.3 Å². The number of nitrogens with zero attached hydrogens (tertiary/aromatic N) is 1. The minimum atomic E-state index is 0.270. The summed E-state index contributed by atoms with van der Waals surface area (Å²) in [6.07, 6.45) is 5.64. The molecule has 1 aromatic heterocycles. The van der Waals surface area contributed by atoms with Gasteiger partial charge in [-0.1, -0.05) is 12.1 Å². The fourth-order valence-electron chi connectivity index (χ4n) is 1.58. The zero-order valence-electron chi connectivity index (χ0n) is 9.36. The third kappa shape index (κ3) is 3.06. The first-order valence-electron chi connectivity index (χ1n) is 5.10. The van der Waals surface area contributed by atoms with E-state index in [9.17, 15) is 0 Å². The van der Waals surface area contributed by atoms with Gasteiger partial charge >= 0.3 is 0 Å². The van der Waals surface area contributed by atoms with Crippen LogP contribution in [0.2, 0.25) is 0 Å². The van der Waals surface area contributed by atoms with Gasteiger partial charge in [0.25, 0.3) is 0 Å². The van der Waals surface area contributed by atoms with E-state index in [2.05, 4.69) is 16.9 Å². The van der Waals surface area contributed by atoms with E-state index < -0.39 is 0 Å². The van der Waals surface area contributed by atoms with E-state index >= 15 is 0 Å². The zero-order chi connectivity index (χ0) is 11.1. The van der Waals surface area contributed by atoms with Crippen LogP contribution in [0.5, 0.6) is 5.88 Å². The maximum atomic E-state index is 5.23. The molecule has 3 heteroatoms. The van der Waals surface area contributed by atoms with Crippen LogP contribution >= 0.6 is 0 Å². The molecule has 0 aliphatic rings. The summed E-state index contributed by atoms with van der Waals surface area (Å²) < 4.78 is 5.23. The first-order valence-corrected chi connectivity index (χ1v) is 5.10. The third-order valence-corrected chi connectivity index (χ3v) is 2.38. The molecule has 1 atom stereocenters. The predicted octanol–water partition coefficient (Wildman–Crippen LogP) is 2.32. The highest BCUT2D eigenvalue weighted by Gasteiger charge is 2.13. The second-order valence-electron chi connectivity index (χ2n) is 3.31. The van der Waals surface area contributed by atoms with Gasteiger partial charge in [0.05, 0.1) is 7.11 Å². The van der Waals surface area contributed by atoms with Crippen LogP contribution in [0.4, 0.5) is 0 Å². The standard InChI is InChI=1S/C12H18N2O/c1-4-5-8-11(13-2)10-7-6-9-14-12(10)15-3/h4,6-7,9,11,13H,1,5,8H2,2-3H3. The van der Waals surface area contributed by atoms with Gasteiger partial charge in [-0.05, 0) is 26.0 Å².